The molecule has 0 spiro atoms. The van der Waals surface area contributed by atoms with Crippen LogP contribution in [0.3, 0.4) is 0 Å². The van der Waals surface area contributed by atoms with Crippen molar-refractivity contribution in [1.29, 1.82) is 0 Å². The Kier molecular flexibility index (Phi) is 3.88. The van der Waals surface area contributed by atoms with Gasteiger partial charge in [-0.1, -0.05) is 17.7 Å². The summed E-state index contributed by atoms with van der Waals surface area (Å²) in [6.45, 7) is 3.66. The Bertz CT molecular complexity index is 453. The van der Waals surface area contributed by atoms with E-state index in [4.69, 9.17) is 11.6 Å². The molecule has 0 aliphatic rings. The first-order chi connectivity index (χ1) is 7.75. The predicted molar refractivity (Wildman–Crippen MR) is 66.6 cm³/mol. The number of nitrogens with zero attached hydrogens (tertiary/aromatic N) is 2. The van der Waals surface area contributed by atoms with Crippen molar-refractivity contribution >= 4 is 22.9 Å². The van der Waals surface area contributed by atoms with Gasteiger partial charge in [0.2, 0.25) is 0 Å². The highest BCUT2D eigenvalue weighted by molar-refractivity contribution is 7.09. The summed E-state index contributed by atoms with van der Waals surface area (Å²) in [6, 6.07) is 3.78. The molecule has 2 heterocycles. The maximum Gasteiger partial charge on any atom is 0.129 e. The third-order valence-electron chi connectivity index (χ3n) is 2.25. The normalized spacial score (nSPS) is 10.6. The van der Waals surface area contributed by atoms with E-state index in [1.165, 1.54) is 4.88 Å². The third kappa shape index (κ3) is 3.01. The topological polar surface area (TPSA) is 37.8 Å². The first-order valence-corrected chi connectivity index (χ1v) is 6.21. The van der Waals surface area contributed by atoms with Crippen molar-refractivity contribution in [2.45, 2.75) is 20.0 Å². The van der Waals surface area contributed by atoms with Crippen LogP contribution < -0.4 is 5.32 Å². The average molecular weight is 254 g/mol. The van der Waals surface area contributed by atoms with Gasteiger partial charge in [-0.15, -0.1) is 11.3 Å². The molecule has 0 unspecified atom stereocenters. The molecule has 0 saturated carbocycles. The van der Waals surface area contributed by atoms with Crippen molar-refractivity contribution < 1.29 is 0 Å². The Balaban J connectivity index is 1.84. The Morgan fingerprint density at radius 2 is 2.19 bits per heavy atom. The fourth-order valence-electron chi connectivity index (χ4n) is 1.33. The number of aryl methyl sites for hydroxylation is 1. The summed E-state index contributed by atoms with van der Waals surface area (Å²) in [6.07, 6.45) is 1.79. The highest BCUT2D eigenvalue weighted by Crippen LogP contribution is 2.11. The van der Waals surface area contributed by atoms with Crippen molar-refractivity contribution in [2.24, 2.45) is 0 Å². The van der Waals surface area contributed by atoms with Crippen molar-refractivity contribution in [3.8, 4) is 0 Å². The van der Waals surface area contributed by atoms with Gasteiger partial charge in [-0.25, -0.2) is 9.97 Å². The summed E-state index contributed by atoms with van der Waals surface area (Å²) in [5.41, 5.74) is 4.11. The smallest absolute Gasteiger partial charge is 0.129 e. The SMILES string of the molecule is Cc1ncsc1CNCc1ccc(Cl)nc1. The lowest BCUT2D eigenvalue weighted by Gasteiger charge is -2.03. The molecule has 2 aromatic heterocycles. The predicted octanol–water partition coefficient (Wildman–Crippen LogP) is 2.79. The molecule has 0 aromatic carbocycles. The molecule has 0 amide bonds. The maximum absolute atomic E-state index is 5.71. The third-order valence-corrected chi connectivity index (χ3v) is 3.41. The molecule has 0 bridgehead atoms. The first kappa shape index (κ1) is 11.5. The van der Waals surface area contributed by atoms with Crippen LogP contribution >= 0.6 is 22.9 Å². The minimum atomic E-state index is 0.530. The van der Waals surface area contributed by atoms with Crippen molar-refractivity contribution in [1.82, 2.24) is 15.3 Å². The van der Waals surface area contributed by atoms with E-state index in [0.29, 0.717) is 5.15 Å². The molecule has 16 heavy (non-hydrogen) atoms. The van der Waals surface area contributed by atoms with Gasteiger partial charge in [-0.05, 0) is 18.6 Å². The van der Waals surface area contributed by atoms with E-state index >= 15 is 0 Å². The zero-order chi connectivity index (χ0) is 11.4. The lowest BCUT2D eigenvalue weighted by Crippen LogP contribution is -2.12. The van der Waals surface area contributed by atoms with E-state index < -0.39 is 0 Å². The number of hydrogen-bond donors (Lipinski definition) is 1. The van der Waals surface area contributed by atoms with E-state index in [1.54, 1.807) is 23.6 Å². The molecular formula is C11H12ClN3S. The molecule has 0 aliphatic carbocycles. The maximum atomic E-state index is 5.71. The van der Waals surface area contributed by atoms with Crippen LogP contribution in [0, 0.1) is 6.92 Å². The summed E-state index contributed by atoms with van der Waals surface area (Å²) in [5.74, 6) is 0. The van der Waals surface area contributed by atoms with Gasteiger partial charge in [0.1, 0.15) is 5.15 Å². The van der Waals surface area contributed by atoms with Crippen LogP contribution in [-0.4, -0.2) is 9.97 Å². The number of hydrogen-bond acceptors (Lipinski definition) is 4. The summed E-state index contributed by atoms with van der Waals surface area (Å²) < 4.78 is 0. The molecule has 0 fully saturated rings. The van der Waals surface area contributed by atoms with Crippen LogP contribution in [0.15, 0.2) is 23.8 Å². The van der Waals surface area contributed by atoms with Crippen LogP contribution in [0.1, 0.15) is 16.1 Å². The Hall–Kier alpha value is -0.970. The van der Waals surface area contributed by atoms with Gasteiger partial charge in [0, 0.05) is 24.2 Å². The van der Waals surface area contributed by atoms with E-state index in [1.807, 2.05) is 18.5 Å². The molecule has 1 N–H and O–H groups in total. The van der Waals surface area contributed by atoms with Gasteiger partial charge in [-0.3, -0.25) is 0 Å². The van der Waals surface area contributed by atoms with Gasteiger partial charge >= 0.3 is 0 Å². The molecule has 2 rings (SSSR count). The molecule has 0 atom stereocenters. The second-order valence-corrected chi connectivity index (χ2v) is 4.78. The average Bonchev–Trinajstić information content (AvgIpc) is 2.68. The monoisotopic (exact) mass is 253 g/mol. The van der Waals surface area contributed by atoms with Crippen LogP contribution in [0.25, 0.3) is 0 Å². The van der Waals surface area contributed by atoms with E-state index in [2.05, 4.69) is 15.3 Å². The quantitative estimate of drug-likeness (QED) is 0.852. The molecule has 2 aromatic rings. The van der Waals surface area contributed by atoms with Crippen LogP contribution in [0.2, 0.25) is 5.15 Å². The number of rotatable bonds is 4. The number of nitrogens with one attached hydrogen (secondary N) is 1. The molecule has 84 valence electrons. The minimum Gasteiger partial charge on any atom is -0.308 e. The first-order valence-electron chi connectivity index (χ1n) is 4.96. The molecule has 3 nitrogen and oxygen atoms in total. The van der Waals surface area contributed by atoms with Gasteiger partial charge in [0.25, 0.3) is 0 Å². The van der Waals surface area contributed by atoms with Gasteiger partial charge < -0.3 is 5.32 Å². The Morgan fingerprint density at radius 3 is 2.81 bits per heavy atom. The van der Waals surface area contributed by atoms with Crippen LogP contribution in [-0.2, 0) is 13.1 Å². The van der Waals surface area contributed by atoms with E-state index in [0.717, 1.165) is 24.3 Å². The molecular weight excluding hydrogens is 242 g/mol. The van der Waals surface area contributed by atoms with E-state index in [9.17, 15) is 0 Å². The fourth-order valence-corrected chi connectivity index (χ4v) is 2.19. The highest BCUT2D eigenvalue weighted by atomic mass is 35.5. The number of aromatic nitrogens is 2. The second-order valence-electron chi connectivity index (χ2n) is 3.45. The molecule has 0 aliphatic heterocycles. The summed E-state index contributed by atoms with van der Waals surface area (Å²) in [4.78, 5) is 9.51. The zero-order valence-corrected chi connectivity index (χ0v) is 10.5. The number of pyridine rings is 1. The van der Waals surface area contributed by atoms with Crippen molar-refractivity contribution in [3.05, 3.63) is 45.1 Å². The second kappa shape index (κ2) is 5.39. The van der Waals surface area contributed by atoms with Gasteiger partial charge in [0.05, 0.1) is 11.2 Å². The highest BCUT2D eigenvalue weighted by Gasteiger charge is 2.00. The summed E-state index contributed by atoms with van der Waals surface area (Å²) in [5, 5.41) is 3.88. The zero-order valence-electron chi connectivity index (χ0n) is 8.90. The molecule has 0 saturated heterocycles. The van der Waals surface area contributed by atoms with Gasteiger partial charge in [-0.2, -0.15) is 0 Å². The largest absolute Gasteiger partial charge is 0.308 e. The minimum absolute atomic E-state index is 0.530. The number of thiazole rings is 1. The standard InChI is InChI=1S/C11H12ClN3S/c1-8-10(16-7-15-8)6-13-4-9-2-3-11(12)14-5-9/h2-3,5,7,13H,4,6H2,1H3. The van der Waals surface area contributed by atoms with Crippen LogP contribution in [0.5, 0.6) is 0 Å². The van der Waals surface area contributed by atoms with Gasteiger partial charge in [0.15, 0.2) is 0 Å². The Morgan fingerprint density at radius 1 is 1.31 bits per heavy atom. The summed E-state index contributed by atoms with van der Waals surface area (Å²) >= 11 is 7.39. The lowest BCUT2D eigenvalue weighted by molar-refractivity contribution is 0.695. The van der Waals surface area contributed by atoms with E-state index in [-0.39, 0.29) is 0 Å². The summed E-state index contributed by atoms with van der Waals surface area (Å²) in [7, 11) is 0. The van der Waals surface area contributed by atoms with Crippen molar-refractivity contribution in [3.63, 3.8) is 0 Å². The lowest BCUT2D eigenvalue weighted by atomic mass is 10.3. The van der Waals surface area contributed by atoms with Crippen molar-refractivity contribution in [2.75, 3.05) is 0 Å². The molecule has 5 heteroatoms. The fraction of sp³-hybridized carbons (Fsp3) is 0.273. The molecule has 0 radical (unpaired) electrons. The number of halogens is 1. The van der Waals surface area contributed by atoms with Crippen LogP contribution in [0.4, 0.5) is 0 Å². The Labute approximate surface area is 104 Å².